The molecule has 0 saturated heterocycles. The van der Waals surface area contributed by atoms with Crippen LogP contribution >= 0.6 is 11.6 Å². The highest BCUT2D eigenvalue weighted by molar-refractivity contribution is 6.31. The molecule has 1 rings (SSSR count). The number of carbonyl (C=O) groups is 1. The standard InChI is InChI=1S/C12H16ClNO3/c1-8(10-4-2-3-5-11(10)13)14-7-9(15)6-12(16)17/h2-5,8-9,14-15H,6-7H2,1H3,(H,16,17)/t8-,9?/m1/s1. The Kier molecular flexibility index (Phi) is 5.41. The van der Waals surface area contributed by atoms with Crippen LogP contribution in [-0.2, 0) is 4.79 Å². The summed E-state index contributed by atoms with van der Waals surface area (Å²) < 4.78 is 0. The number of carboxylic acid groups (broad SMARTS) is 1. The molecule has 0 aliphatic carbocycles. The summed E-state index contributed by atoms with van der Waals surface area (Å²) in [6.45, 7) is 2.13. The molecule has 1 aromatic rings. The van der Waals surface area contributed by atoms with Crippen LogP contribution in [0.4, 0.5) is 0 Å². The fourth-order valence-corrected chi connectivity index (χ4v) is 1.82. The minimum atomic E-state index is -1.01. The second kappa shape index (κ2) is 6.59. The van der Waals surface area contributed by atoms with Crippen LogP contribution in [-0.4, -0.2) is 28.8 Å². The predicted octanol–water partition coefficient (Wildman–Crippen LogP) is 1.83. The molecule has 5 heteroatoms. The lowest BCUT2D eigenvalue weighted by Gasteiger charge is -2.17. The monoisotopic (exact) mass is 257 g/mol. The third-order valence-electron chi connectivity index (χ3n) is 2.44. The average Bonchev–Trinajstić information content (AvgIpc) is 2.25. The normalized spacial score (nSPS) is 14.3. The van der Waals surface area contributed by atoms with E-state index in [0.29, 0.717) is 5.02 Å². The smallest absolute Gasteiger partial charge is 0.306 e. The molecule has 0 aliphatic heterocycles. The van der Waals surface area contributed by atoms with E-state index in [1.807, 2.05) is 25.1 Å². The Morgan fingerprint density at radius 2 is 2.12 bits per heavy atom. The quantitative estimate of drug-likeness (QED) is 0.727. The molecule has 4 nitrogen and oxygen atoms in total. The molecule has 0 amide bonds. The van der Waals surface area contributed by atoms with E-state index in [4.69, 9.17) is 16.7 Å². The van der Waals surface area contributed by atoms with Gasteiger partial charge in [0, 0.05) is 17.6 Å². The summed E-state index contributed by atoms with van der Waals surface area (Å²) in [6.07, 6.45) is -1.15. The van der Waals surface area contributed by atoms with Gasteiger partial charge in [0.2, 0.25) is 0 Å². The summed E-state index contributed by atoms with van der Waals surface area (Å²) in [5.74, 6) is -1.01. The minimum absolute atomic E-state index is 0.0351. The van der Waals surface area contributed by atoms with Gasteiger partial charge in [-0.25, -0.2) is 0 Å². The van der Waals surface area contributed by atoms with Crippen LogP contribution in [0, 0.1) is 0 Å². The highest BCUT2D eigenvalue weighted by Gasteiger charge is 2.13. The van der Waals surface area contributed by atoms with Crippen LogP contribution in [0.25, 0.3) is 0 Å². The molecule has 0 heterocycles. The van der Waals surface area contributed by atoms with Crippen LogP contribution in [0.15, 0.2) is 24.3 Å². The number of hydrogen-bond donors (Lipinski definition) is 3. The number of aliphatic hydroxyl groups excluding tert-OH is 1. The molecule has 94 valence electrons. The Bertz CT molecular complexity index is 384. The summed E-state index contributed by atoms with van der Waals surface area (Å²) in [6, 6.07) is 7.38. The minimum Gasteiger partial charge on any atom is -0.481 e. The van der Waals surface area contributed by atoms with Crippen LogP contribution in [0.1, 0.15) is 24.9 Å². The molecule has 2 atom stereocenters. The van der Waals surface area contributed by atoms with Crippen LogP contribution in [0.5, 0.6) is 0 Å². The van der Waals surface area contributed by atoms with Gasteiger partial charge in [0.1, 0.15) is 0 Å². The van der Waals surface area contributed by atoms with Crippen molar-refractivity contribution < 1.29 is 15.0 Å². The van der Waals surface area contributed by atoms with Gasteiger partial charge in [0.05, 0.1) is 12.5 Å². The molecule has 0 aromatic heterocycles. The van der Waals surface area contributed by atoms with Gasteiger partial charge in [0.25, 0.3) is 0 Å². The summed E-state index contributed by atoms with van der Waals surface area (Å²) in [7, 11) is 0. The maximum Gasteiger partial charge on any atom is 0.306 e. The summed E-state index contributed by atoms with van der Waals surface area (Å²) in [5, 5.41) is 21.6. The summed E-state index contributed by atoms with van der Waals surface area (Å²) in [4.78, 5) is 10.4. The van der Waals surface area contributed by atoms with Crippen LogP contribution in [0.2, 0.25) is 5.02 Å². The van der Waals surface area contributed by atoms with Gasteiger partial charge in [0.15, 0.2) is 0 Å². The van der Waals surface area contributed by atoms with Crippen molar-refractivity contribution in [1.29, 1.82) is 0 Å². The van der Waals surface area contributed by atoms with Gasteiger partial charge >= 0.3 is 5.97 Å². The first-order valence-corrected chi connectivity index (χ1v) is 5.76. The predicted molar refractivity (Wildman–Crippen MR) is 66.1 cm³/mol. The first kappa shape index (κ1) is 14.0. The summed E-state index contributed by atoms with van der Waals surface area (Å²) in [5.41, 5.74) is 0.927. The molecule has 0 fully saturated rings. The van der Waals surface area contributed by atoms with E-state index in [2.05, 4.69) is 5.32 Å². The van der Waals surface area contributed by atoms with Gasteiger partial charge < -0.3 is 15.5 Å². The van der Waals surface area contributed by atoms with Gasteiger partial charge in [-0.1, -0.05) is 29.8 Å². The molecule has 0 spiro atoms. The van der Waals surface area contributed by atoms with Gasteiger partial charge in [-0.05, 0) is 18.6 Å². The Morgan fingerprint density at radius 3 is 2.71 bits per heavy atom. The Morgan fingerprint density at radius 1 is 1.47 bits per heavy atom. The lowest BCUT2D eigenvalue weighted by atomic mass is 10.1. The topological polar surface area (TPSA) is 69.6 Å². The van der Waals surface area contributed by atoms with E-state index in [9.17, 15) is 9.90 Å². The highest BCUT2D eigenvalue weighted by atomic mass is 35.5. The summed E-state index contributed by atoms with van der Waals surface area (Å²) >= 11 is 6.02. The van der Waals surface area contributed by atoms with Crippen molar-refractivity contribution in [1.82, 2.24) is 5.32 Å². The number of rotatable bonds is 6. The van der Waals surface area contributed by atoms with E-state index in [1.165, 1.54) is 0 Å². The first-order chi connectivity index (χ1) is 8.00. The van der Waals surface area contributed by atoms with Crippen molar-refractivity contribution in [3.8, 4) is 0 Å². The fourth-order valence-electron chi connectivity index (χ4n) is 1.52. The van der Waals surface area contributed by atoms with Crippen molar-refractivity contribution in [2.45, 2.75) is 25.5 Å². The van der Waals surface area contributed by atoms with Gasteiger partial charge in [-0.2, -0.15) is 0 Å². The largest absolute Gasteiger partial charge is 0.481 e. The number of aliphatic hydroxyl groups is 1. The fraction of sp³-hybridized carbons (Fsp3) is 0.417. The Hall–Kier alpha value is -1.10. The number of carboxylic acids is 1. The maximum absolute atomic E-state index is 10.4. The first-order valence-electron chi connectivity index (χ1n) is 5.38. The maximum atomic E-state index is 10.4. The number of halogens is 1. The van der Waals surface area contributed by atoms with E-state index < -0.39 is 12.1 Å². The number of aliphatic carboxylic acids is 1. The Labute approximate surface area is 105 Å². The molecule has 0 saturated carbocycles. The van der Waals surface area contributed by atoms with Crippen molar-refractivity contribution in [3.05, 3.63) is 34.9 Å². The molecule has 1 unspecified atom stereocenters. The third kappa shape index (κ3) is 4.73. The van der Waals surface area contributed by atoms with Crippen molar-refractivity contribution in [2.24, 2.45) is 0 Å². The Balaban J connectivity index is 2.47. The zero-order chi connectivity index (χ0) is 12.8. The molecule has 17 heavy (non-hydrogen) atoms. The number of nitrogens with one attached hydrogen (secondary N) is 1. The number of hydrogen-bond acceptors (Lipinski definition) is 3. The van der Waals surface area contributed by atoms with E-state index >= 15 is 0 Å². The molecule has 0 bridgehead atoms. The molecular weight excluding hydrogens is 242 g/mol. The van der Waals surface area contributed by atoms with Crippen LogP contribution < -0.4 is 5.32 Å². The third-order valence-corrected chi connectivity index (χ3v) is 2.79. The average molecular weight is 258 g/mol. The van der Waals surface area contributed by atoms with Crippen LogP contribution in [0.3, 0.4) is 0 Å². The van der Waals surface area contributed by atoms with Gasteiger partial charge in [-0.15, -0.1) is 0 Å². The highest BCUT2D eigenvalue weighted by Crippen LogP contribution is 2.21. The van der Waals surface area contributed by atoms with Crippen molar-refractivity contribution in [2.75, 3.05) is 6.54 Å². The second-order valence-corrected chi connectivity index (χ2v) is 4.31. The molecule has 0 radical (unpaired) electrons. The SMILES string of the molecule is C[C@@H](NCC(O)CC(=O)O)c1ccccc1Cl. The lowest BCUT2D eigenvalue weighted by Crippen LogP contribution is -2.30. The van der Waals surface area contributed by atoms with Gasteiger partial charge in [-0.3, -0.25) is 4.79 Å². The zero-order valence-electron chi connectivity index (χ0n) is 9.56. The molecule has 0 aliphatic rings. The van der Waals surface area contributed by atoms with E-state index in [-0.39, 0.29) is 19.0 Å². The van der Waals surface area contributed by atoms with Crippen molar-refractivity contribution >= 4 is 17.6 Å². The van der Waals surface area contributed by atoms with Crippen molar-refractivity contribution in [3.63, 3.8) is 0 Å². The second-order valence-electron chi connectivity index (χ2n) is 3.90. The molecule has 3 N–H and O–H groups in total. The van der Waals surface area contributed by atoms with E-state index in [0.717, 1.165) is 5.56 Å². The van der Waals surface area contributed by atoms with E-state index in [1.54, 1.807) is 6.07 Å². The lowest BCUT2D eigenvalue weighted by molar-refractivity contribution is -0.139. The zero-order valence-corrected chi connectivity index (χ0v) is 10.3. The molecular formula is C12H16ClNO3. The number of benzene rings is 1. The molecule has 1 aromatic carbocycles.